The third-order valence-electron chi connectivity index (χ3n) is 2.78. The summed E-state index contributed by atoms with van der Waals surface area (Å²) in [7, 11) is 0. The SMILES string of the molecule is NCCCc1c(N)nn(-c2ccc(O)cc2)c1N. The predicted molar refractivity (Wildman–Crippen MR) is 71.4 cm³/mol. The number of aromatic hydroxyl groups is 1. The van der Waals surface area contributed by atoms with Gasteiger partial charge >= 0.3 is 0 Å². The first-order valence-electron chi connectivity index (χ1n) is 5.75. The van der Waals surface area contributed by atoms with Crippen molar-refractivity contribution in [3.8, 4) is 11.4 Å². The van der Waals surface area contributed by atoms with Crippen LogP contribution in [0.3, 0.4) is 0 Å². The molecule has 0 atom stereocenters. The highest BCUT2D eigenvalue weighted by Gasteiger charge is 2.13. The van der Waals surface area contributed by atoms with E-state index in [2.05, 4.69) is 5.10 Å². The van der Waals surface area contributed by atoms with E-state index in [1.54, 1.807) is 28.9 Å². The van der Waals surface area contributed by atoms with Gasteiger partial charge in [-0.3, -0.25) is 0 Å². The second-order valence-corrected chi connectivity index (χ2v) is 4.07. The Balaban J connectivity index is 2.37. The number of hydrogen-bond donors (Lipinski definition) is 4. The van der Waals surface area contributed by atoms with Crippen molar-refractivity contribution in [1.82, 2.24) is 9.78 Å². The molecule has 6 heteroatoms. The van der Waals surface area contributed by atoms with Gasteiger partial charge in [0.05, 0.1) is 5.69 Å². The lowest BCUT2D eigenvalue weighted by atomic mass is 10.1. The molecule has 0 fully saturated rings. The molecule has 0 aliphatic heterocycles. The summed E-state index contributed by atoms with van der Waals surface area (Å²) < 4.78 is 1.57. The number of nitrogen functional groups attached to an aromatic ring is 2. The molecule has 2 aromatic rings. The van der Waals surface area contributed by atoms with Crippen LogP contribution in [-0.4, -0.2) is 21.4 Å². The van der Waals surface area contributed by atoms with Gasteiger partial charge in [0.2, 0.25) is 0 Å². The minimum atomic E-state index is 0.195. The number of rotatable bonds is 4. The average molecular weight is 247 g/mol. The molecule has 6 nitrogen and oxygen atoms in total. The van der Waals surface area contributed by atoms with Crippen molar-refractivity contribution in [2.24, 2.45) is 5.73 Å². The Kier molecular flexibility index (Phi) is 3.38. The molecule has 1 aromatic carbocycles. The Bertz CT molecular complexity index is 532. The van der Waals surface area contributed by atoms with Crippen LogP contribution in [0, 0.1) is 0 Å². The van der Waals surface area contributed by atoms with Crippen LogP contribution >= 0.6 is 0 Å². The van der Waals surface area contributed by atoms with Gasteiger partial charge in [0.1, 0.15) is 11.6 Å². The molecular weight excluding hydrogens is 230 g/mol. The first-order chi connectivity index (χ1) is 8.63. The van der Waals surface area contributed by atoms with E-state index in [1.807, 2.05) is 0 Å². The minimum Gasteiger partial charge on any atom is -0.508 e. The summed E-state index contributed by atoms with van der Waals surface area (Å²) in [6.07, 6.45) is 1.53. The van der Waals surface area contributed by atoms with E-state index >= 15 is 0 Å². The van der Waals surface area contributed by atoms with Crippen LogP contribution in [-0.2, 0) is 6.42 Å². The molecule has 0 bridgehead atoms. The van der Waals surface area contributed by atoms with Crippen LogP contribution < -0.4 is 17.2 Å². The van der Waals surface area contributed by atoms with Crippen LogP contribution in [0.4, 0.5) is 11.6 Å². The molecule has 0 aliphatic carbocycles. The third kappa shape index (κ3) is 2.23. The van der Waals surface area contributed by atoms with Crippen molar-refractivity contribution in [3.05, 3.63) is 29.8 Å². The van der Waals surface area contributed by atoms with Crippen molar-refractivity contribution < 1.29 is 5.11 Å². The summed E-state index contributed by atoms with van der Waals surface area (Å²) in [6, 6.07) is 6.61. The van der Waals surface area contributed by atoms with Crippen molar-refractivity contribution in [2.45, 2.75) is 12.8 Å². The summed E-state index contributed by atoms with van der Waals surface area (Å²) in [4.78, 5) is 0. The fourth-order valence-electron chi connectivity index (χ4n) is 1.81. The molecular formula is C12H17N5O. The third-order valence-corrected chi connectivity index (χ3v) is 2.78. The molecule has 1 aromatic heterocycles. The van der Waals surface area contributed by atoms with Crippen LogP contribution in [0.15, 0.2) is 24.3 Å². The molecule has 0 saturated heterocycles. The number of hydrogen-bond acceptors (Lipinski definition) is 5. The topological polar surface area (TPSA) is 116 Å². The Hall–Kier alpha value is -2.21. The zero-order valence-electron chi connectivity index (χ0n) is 10.0. The number of nitrogens with two attached hydrogens (primary N) is 3. The quantitative estimate of drug-likeness (QED) is 0.632. The monoisotopic (exact) mass is 247 g/mol. The van der Waals surface area contributed by atoms with Crippen LogP contribution in [0.25, 0.3) is 5.69 Å². The van der Waals surface area contributed by atoms with Gasteiger partial charge in [0.25, 0.3) is 0 Å². The second kappa shape index (κ2) is 4.97. The largest absolute Gasteiger partial charge is 0.508 e. The Labute approximate surface area is 105 Å². The molecule has 0 amide bonds. The minimum absolute atomic E-state index is 0.195. The van der Waals surface area contributed by atoms with E-state index in [0.29, 0.717) is 24.6 Å². The zero-order valence-corrected chi connectivity index (χ0v) is 10.0. The number of anilines is 2. The normalized spacial score (nSPS) is 10.7. The van der Waals surface area contributed by atoms with Gasteiger partial charge in [-0.25, -0.2) is 4.68 Å². The maximum absolute atomic E-state index is 9.25. The molecule has 18 heavy (non-hydrogen) atoms. The highest BCUT2D eigenvalue weighted by Crippen LogP contribution is 2.24. The van der Waals surface area contributed by atoms with Gasteiger partial charge < -0.3 is 22.3 Å². The molecule has 0 unspecified atom stereocenters. The number of nitrogens with zero attached hydrogens (tertiary/aromatic N) is 2. The Morgan fingerprint density at radius 1 is 1.17 bits per heavy atom. The lowest BCUT2D eigenvalue weighted by molar-refractivity contribution is 0.475. The molecule has 1 heterocycles. The van der Waals surface area contributed by atoms with Crippen molar-refractivity contribution >= 4 is 11.6 Å². The highest BCUT2D eigenvalue weighted by molar-refractivity contribution is 5.58. The number of aromatic nitrogens is 2. The van der Waals surface area contributed by atoms with Gasteiger partial charge in [-0.15, -0.1) is 5.10 Å². The van der Waals surface area contributed by atoms with Gasteiger partial charge in [-0.1, -0.05) is 0 Å². The molecule has 96 valence electrons. The van der Waals surface area contributed by atoms with Crippen molar-refractivity contribution in [3.63, 3.8) is 0 Å². The Morgan fingerprint density at radius 3 is 2.44 bits per heavy atom. The highest BCUT2D eigenvalue weighted by atomic mass is 16.3. The van der Waals surface area contributed by atoms with E-state index in [9.17, 15) is 5.11 Å². The van der Waals surface area contributed by atoms with Gasteiger partial charge in [0, 0.05) is 5.56 Å². The van der Waals surface area contributed by atoms with Gasteiger partial charge in [0.15, 0.2) is 5.82 Å². The number of phenolic OH excluding ortho intramolecular Hbond substituents is 1. The molecule has 0 aliphatic rings. The van der Waals surface area contributed by atoms with Crippen LogP contribution in [0.5, 0.6) is 5.75 Å². The fourth-order valence-corrected chi connectivity index (χ4v) is 1.81. The fraction of sp³-hybridized carbons (Fsp3) is 0.250. The maximum atomic E-state index is 9.25. The van der Waals surface area contributed by atoms with Gasteiger partial charge in [-0.05, 0) is 43.7 Å². The maximum Gasteiger partial charge on any atom is 0.151 e. The number of benzene rings is 1. The molecule has 2 rings (SSSR count). The summed E-state index contributed by atoms with van der Waals surface area (Å²) in [5, 5.41) is 13.5. The predicted octanol–water partition coefficient (Wildman–Crippen LogP) is 0.634. The second-order valence-electron chi connectivity index (χ2n) is 4.07. The van der Waals surface area contributed by atoms with E-state index in [0.717, 1.165) is 17.7 Å². The van der Waals surface area contributed by atoms with E-state index < -0.39 is 0 Å². The lowest BCUT2D eigenvalue weighted by Gasteiger charge is -2.04. The Morgan fingerprint density at radius 2 is 1.83 bits per heavy atom. The molecule has 7 N–H and O–H groups in total. The average Bonchev–Trinajstić information content (AvgIpc) is 2.64. The summed E-state index contributed by atoms with van der Waals surface area (Å²) >= 11 is 0. The smallest absolute Gasteiger partial charge is 0.151 e. The van der Waals surface area contributed by atoms with Crippen molar-refractivity contribution in [2.75, 3.05) is 18.0 Å². The standard InChI is InChI=1S/C12H17N5O/c13-7-1-2-10-11(14)16-17(12(10)15)8-3-5-9(18)6-4-8/h3-6,18H,1-2,7,13,15H2,(H2,14,16). The van der Waals surface area contributed by atoms with Crippen molar-refractivity contribution in [1.29, 1.82) is 0 Å². The van der Waals surface area contributed by atoms with Crippen LogP contribution in [0.2, 0.25) is 0 Å². The van der Waals surface area contributed by atoms with Gasteiger partial charge in [-0.2, -0.15) is 0 Å². The first-order valence-corrected chi connectivity index (χ1v) is 5.75. The van der Waals surface area contributed by atoms with E-state index in [-0.39, 0.29) is 5.75 Å². The summed E-state index contributed by atoms with van der Waals surface area (Å²) in [5.41, 5.74) is 18.9. The lowest BCUT2D eigenvalue weighted by Crippen LogP contribution is -2.05. The zero-order chi connectivity index (χ0) is 13.1. The summed E-state index contributed by atoms with van der Waals surface area (Å²) in [6.45, 7) is 0.587. The number of phenols is 1. The first kappa shape index (κ1) is 12.3. The van der Waals surface area contributed by atoms with E-state index in [1.165, 1.54) is 0 Å². The molecule has 0 radical (unpaired) electrons. The van der Waals surface area contributed by atoms with E-state index in [4.69, 9.17) is 17.2 Å². The summed E-state index contributed by atoms with van der Waals surface area (Å²) in [5.74, 6) is 1.14. The molecule has 0 spiro atoms. The van der Waals surface area contributed by atoms with Crippen LogP contribution in [0.1, 0.15) is 12.0 Å². The molecule has 0 saturated carbocycles.